The van der Waals surface area contributed by atoms with Gasteiger partial charge in [0, 0.05) is 6.42 Å². The Hall–Kier alpha value is -3.47. The molecule has 0 bridgehead atoms. The van der Waals surface area contributed by atoms with Crippen LogP contribution in [0.3, 0.4) is 0 Å². The van der Waals surface area contributed by atoms with E-state index < -0.39 is 42.3 Å². The first-order valence-electron chi connectivity index (χ1n) is 11.9. The zero-order valence-electron chi connectivity index (χ0n) is 20.1. The summed E-state index contributed by atoms with van der Waals surface area (Å²) in [6, 6.07) is 6.50. The Bertz CT molecular complexity index is 888. The molecule has 1 fully saturated rings. The van der Waals surface area contributed by atoms with Crippen molar-refractivity contribution in [2.45, 2.75) is 57.7 Å². The van der Waals surface area contributed by atoms with Gasteiger partial charge in [-0.3, -0.25) is 19.2 Å². The Morgan fingerprint density at radius 2 is 1.69 bits per heavy atom. The maximum absolute atomic E-state index is 12.7. The number of benzene rings is 1. The molecule has 1 saturated heterocycles. The van der Waals surface area contributed by atoms with Crippen molar-refractivity contribution in [1.82, 2.24) is 26.6 Å². The minimum atomic E-state index is -1.19. The minimum Gasteiger partial charge on any atom is -0.480 e. The molecule has 1 aliphatic rings. The van der Waals surface area contributed by atoms with E-state index >= 15 is 0 Å². The number of carbonyl (C=O) groups excluding carboxylic acids is 4. The molecule has 0 spiro atoms. The fraction of sp³-hybridized carbons (Fsp3) is 0.542. The Morgan fingerprint density at radius 3 is 2.29 bits per heavy atom. The highest BCUT2D eigenvalue weighted by Crippen LogP contribution is 2.08. The van der Waals surface area contributed by atoms with E-state index in [-0.39, 0.29) is 30.8 Å². The van der Waals surface area contributed by atoms with E-state index in [9.17, 15) is 29.1 Å². The van der Waals surface area contributed by atoms with Gasteiger partial charge in [0.15, 0.2) is 0 Å². The van der Waals surface area contributed by atoms with E-state index in [4.69, 9.17) is 0 Å². The molecule has 0 radical (unpaired) electrons. The van der Waals surface area contributed by atoms with Gasteiger partial charge >= 0.3 is 5.97 Å². The van der Waals surface area contributed by atoms with Gasteiger partial charge in [-0.25, -0.2) is 4.79 Å². The van der Waals surface area contributed by atoms with E-state index in [2.05, 4.69) is 26.6 Å². The lowest BCUT2D eigenvalue weighted by molar-refractivity contribution is -0.141. The van der Waals surface area contributed by atoms with Gasteiger partial charge < -0.3 is 31.7 Å². The molecule has 2 rings (SSSR count). The molecule has 4 atom stereocenters. The summed E-state index contributed by atoms with van der Waals surface area (Å²) < 4.78 is 0. The number of carboxylic acids is 1. The van der Waals surface area contributed by atoms with E-state index in [0.29, 0.717) is 12.8 Å². The Morgan fingerprint density at radius 1 is 1.03 bits per heavy atom. The lowest BCUT2D eigenvalue weighted by atomic mass is 9.98. The van der Waals surface area contributed by atoms with Gasteiger partial charge in [0.25, 0.3) is 0 Å². The van der Waals surface area contributed by atoms with E-state index in [1.807, 2.05) is 6.92 Å². The monoisotopic (exact) mass is 489 g/mol. The lowest BCUT2D eigenvalue weighted by Gasteiger charge is -2.24. The molecule has 0 unspecified atom stereocenters. The summed E-state index contributed by atoms with van der Waals surface area (Å²) in [6.45, 7) is 3.69. The van der Waals surface area contributed by atoms with Crippen LogP contribution in [-0.4, -0.2) is 72.5 Å². The van der Waals surface area contributed by atoms with Crippen LogP contribution in [0.1, 0.15) is 38.7 Å². The third-order valence-electron chi connectivity index (χ3n) is 5.95. The molecule has 1 aliphatic heterocycles. The quantitative estimate of drug-likeness (QED) is 0.213. The van der Waals surface area contributed by atoms with E-state index in [1.165, 1.54) is 0 Å². The highest BCUT2D eigenvalue weighted by Gasteiger charge is 2.28. The number of nitrogens with one attached hydrogen (secondary N) is 5. The van der Waals surface area contributed by atoms with Crippen LogP contribution in [0, 0.1) is 5.92 Å². The molecule has 1 aromatic carbocycles. The molecule has 35 heavy (non-hydrogen) atoms. The zero-order chi connectivity index (χ0) is 25.8. The van der Waals surface area contributed by atoms with Crippen LogP contribution in [0.25, 0.3) is 0 Å². The first-order chi connectivity index (χ1) is 16.7. The molecule has 0 aliphatic carbocycles. The number of carbonyl (C=O) groups is 5. The van der Waals surface area contributed by atoms with Gasteiger partial charge in [0.2, 0.25) is 23.6 Å². The normalized spacial score (nSPS) is 17.5. The highest BCUT2D eigenvalue weighted by molar-refractivity contribution is 5.93. The molecule has 1 heterocycles. The third-order valence-corrected chi connectivity index (χ3v) is 5.95. The van der Waals surface area contributed by atoms with Crippen molar-refractivity contribution < 1.29 is 29.1 Å². The van der Waals surface area contributed by atoms with Crippen molar-refractivity contribution in [2.24, 2.45) is 5.92 Å². The standard InChI is InChI=1S/C24H35N5O6/c1-3-15(2)21(29-20(31)14-26-22(32)17-10-7-11-25-17)23(33)27-13-19(30)28-18(24(34)35)12-16-8-5-4-6-9-16/h4-6,8-9,15,17-18,21,25H,3,7,10-14H2,1-2H3,(H,26,32)(H,27,33)(H,28,30)(H,29,31)(H,34,35)/t15-,17-,18-,21-/m0/s1. The number of amides is 4. The molecule has 1 aromatic rings. The molecule has 11 nitrogen and oxygen atoms in total. The van der Waals surface area contributed by atoms with Crippen LogP contribution in [0.4, 0.5) is 0 Å². The van der Waals surface area contributed by atoms with Crippen molar-refractivity contribution in [3.05, 3.63) is 35.9 Å². The van der Waals surface area contributed by atoms with Crippen LogP contribution >= 0.6 is 0 Å². The number of rotatable bonds is 13. The van der Waals surface area contributed by atoms with Crippen LogP contribution in [0.15, 0.2) is 30.3 Å². The van der Waals surface area contributed by atoms with Crippen LogP contribution in [0.2, 0.25) is 0 Å². The van der Waals surface area contributed by atoms with Crippen molar-refractivity contribution in [3.63, 3.8) is 0 Å². The van der Waals surface area contributed by atoms with Gasteiger partial charge in [-0.15, -0.1) is 0 Å². The summed E-state index contributed by atoms with van der Waals surface area (Å²) >= 11 is 0. The predicted molar refractivity (Wildman–Crippen MR) is 128 cm³/mol. The second-order valence-corrected chi connectivity index (χ2v) is 8.66. The minimum absolute atomic E-state index is 0.101. The Kier molecular flexibility index (Phi) is 11.1. The SMILES string of the molecule is CC[C@H](C)[C@H](NC(=O)CNC(=O)[C@@H]1CCCN1)C(=O)NCC(=O)N[C@@H](Cc1ccccc1)C(=O)O. The number of hydrogen-bond acceptors (Lipinski definition) is 6. The second-order valence-electron chi connectivity index (χ2n) is 8.66. The fourth-order valence-corrected chi connectivity index (χ4v) is 3.70. The summed E-state index contributed by atoms with van der Waals surface area (Å²) in [5.74, 6) is -3.43. The predicted octanol–water partition coefficient (Wildman–Crippen LogP) is -0.686. The molecule has 6 N–H and O–H groups in total. The van der Waals surface area contributed by atoms with Crippen molar-refractivity contribution in [3.8, 4) is 0 Å². The maximum Gasteiger partial charge on any atom is 0.326 e. The molecule has 0 saturated carbocycles. The average Bonchev–Trinajstić information content (AvgIpc) is 3.39. The van der Waals surface area contributed by atoms with E-state index in [1.54, 1.807) is 37.3 Å². The summed E-state index contributed by atoms with van der Waals surface area (Å²) in [7, 11) is 0. The molecular weight excluding hydrogens is 454 g/mol. The van der Waals surface area contributed by atoms with Gasteiger partial charge in [0.1, 0.15) is 12.1 Å². The topological polar surface area (TPSA) is 166 Å². The first-order valence-corrected chi connectivity index (χ1v) is 11.9. The van der Waals surface area contributed by atoms with Gasteiger partial charge in [-0.2, -0.15) is 0 Å². The number of carboxylic acid groups (broad SMARTS) is 1. The highest BCUT2D eigenvalue weighted by atomic mass is 16.4. The van der Waals surface area contributed by atoms with Crippen LogP contribution < -0.4 is 26.6 Å². The largest absolute Gasteiger partial charge is 0.480 e. The maximum atomic E-state index is 12.7. The molecule has 4 amide bonds. The average molecular weight is 490 g/mol. The summed E-state index contributed by atoms with van der Waals surface area (Å²) in [6.07, 6.45) is 2.29. The van der Waals surface area contributed by atoms with Gasteiger partial charge in [-0.05, 0) is 30.9 Å². The smallest absolute Gasteiger partial charge is 0.326 e. The Labute approximate surface area is 204 Å². The number of aliphatic carboxylic acids is 1. The first kappa shape index (κ1) is 27.8. The van der Waals surface area contributed by atoms with Crippen molar-refractivity contribution in [1.29, 1.82) is 0 Å². The fourth-order valence-electron chi connectivity index (χ4n) is 3.70. The summed E-state index contributed by atoms with van der Waals surface area (Å²) in [5.41, 5.74) is 0.750. The summed E-state index contributed by atoms with van der Waals surface area (Å²) in [5, 5.41) is 22.5. The van der Waals surface area contributed by atoms with Gasteiger partial charge in [-0.1, -0.05) is 50.6 Å². The van der Waals surface area contributed by atoms with Crippen molar-refractivity contribution >= 4 is 29.6 Å². The van der Waals surface area contributed by atoms with Crippen molar-refractivity contribution in [2.75, 3.05) is 19.6 Å². The van der Waals surface area contributed by atoms with Crippen LogP contribution in [-0.2, 0) is 30.4 Å². The number of hydrogen-bond donors (Lipinski definition) is 6. The lowest BCUT2D eigenvalue weighted by Crippen LogP contribution is -2.55. The molecule has 11 heteroatoms. The van der Waals surface area contributed by atoms with E-state index in [0.717, 1.165) is 18.5 Å². The summed E-state index contributed by atoms with van der Waals surface area (Å²) in [4.78, 5) is 61.0. The molecule has 0 aromatic heterocycles. The molecule has 192 valence electrons. The zero-order valence-corrected chi connectivity index (χ0v) is 20.1. The van der Waals surface area contributed by atoms with Crippen LogP contribution in [0.5, 0.6) is 0 Å². The van der Waals surface area contributed by atoms with Gasteiger partial charge in [0.05, 0.1) is 19.1 Å². The second kappa shape index (κ2) is 14.1. The third kappa shape index (κ3) is 9.36. The molecular formula is C24H35N5O6. The Balaban J connectivity index is 1.85.